The average molecular weight is 235 g/mol. The number of aromatic carboxylic acids is 1. The molecule has 0 aromatic heterocycles. The van der Waals surface area contributed by atoms with Crippen molar-refractivity contribution in [1.82, 2.24) is 0 Å². The molecule has 4 nitrogen and oxygen atoms in total. The van der Waals surface area contributed by atoms with Crippen LogP contribution in [0, 0.1) is 12.3 Å². The van der Waals surface area contributed by atoms with Crippen LogP contribution in [0.4, 0.5) is 5.69 Å². The van der Waals surface area contributed by atoms with Crippen LogP contribution in [-0.4, -0.2) is 17.0 Å². The summed E-state index contributed by atoms with van der Waals surface area (Å²) in [5.41, 5.74) is 1.04. The molecular weight excluding hydrogens is 218 g/mol. The number of rotatable bonds is 2. The molecule has 1 aromatic rings. The Morgan fingerprint density at radius 1 is 1.24 bits per heavy atom. The van der Waals surface area contributed by atoms with Crippen LogP contribution < -0.4 is 5.32 Å². The molecule has 0 aliphatic heterocycles. The molecule has 1 amide bonds. The van der Waals surface area contributed by atoms with Gasteiger partial charge in [-0.1, -0.05) is 26.8 Å². The van der Waals surface area contributed by atoms with Gasteiger partial charge in [0.1, 0.15) is 0 Å². The molecule has 0 saturated heterocycles. The second-order valence-corrected chi connectivity index (χ2v) is 5.04. The lowest BCUT2D eigenvalue weighted by Gasteiger charge is -2.18. The van der Waals surface area contributed by atoms with Gasteiger partial charge in [0.25, 0.3) is 0 Å². The number of carboxylic acids is 1. The zero-order chi connectivity index (χ0) is 13.2. The van der Waals surface area contributed by atoms with Crippen molar-refractivity contribution in [3.05, 3.63) is 29.3 Å². The molecule has 4 heteroatoms. The summed E-state index contributed by atoms with van der Waals surface area (Å²) in [5.74, 6) is -1.14. The van der Waals surface area contributed by atoms with Gasteiger partial charge in [-0.15, -0.1) is 0 Å². The molecule has 2 N–H and O–H groups in total. The van der Waals surface area contributed by atoms with Crippen molar-refractivity contribution in [3.8, 4) is 0 Å². The second kappa shape index (κ2) is 4.57. The number of amides is 1. The summed E-state index contributed by atoms with van der Waals surface area (Å²) in [4.78, 5) is 22.6. The fourth-order valence-electron chi connectivity index (χ4n) is 1.20. The van der Waals surface area contributed by atoms with Gasteiger partial charge in [-0.05, 0) is 24.6 Å². The summed E-state index contributed by atoms with van der Waals surface area (Å²) in [7, 11) is 0. The van der Waals surface area contributed by atoms with E-state index in [9.17, 15) is 9.59 Å². The van der Waals surface area contributed by atoms with Crippen molar-refractivity contribution in [2.24, 2.45) is 5.41 Å². The fourth-order valence-corrected chi connectivity index (χ4v) is 1.20. The molecule has 0 spiro atoms. The van der Waals surface area contributed by atoms with Crippen LogP contribution in [0.5, 0.6) is 0 Å². The van der Waals surface area contributed by atoms with E-state index in [0.717, 1.165) is 5.56 Å². The highest BCUT2D eigenvalue weighted by Crippen LogP contribution is 2.21. The van der Waals surface area contributed by atoms with E-state index in [1.165, 1.54) is 12.1 Å². The van der Waals surface area contributed by atoms with Crippen molar-refractivity contribution in [1.29, 1.82) is 0 Å². The van der Waals surface area contributed by atoms with E-state index in [-0.39, 0.29) is 11.5 Å². The van der Waals surface area contributed by atoms with Crippen molar-refractivity contribution >= 4 is 17.6 Å². The van der Waals surface area contributed by atoms with Gasteiger partial charge in [0.05, 0.1) is 5.56 Å². The predicted molar refractivity (Wildman–Crippen MR) is 66.2 cm³/mol. The Labute approximate surface area is 101 Å². The molecule has 0 saturated carbocycles. The maximum absolute atomic E-state index is 11.8. The Bertz CT molecular complexity index is 458. The molecule has 0 aliphatic carbocycles. The lowest BCUT2D eigenvalue weighted by atomic mass is 9.95. The fraction of sp³-hybridized carbons (Fsp3) is 0.385. The van der Waals surface area contributed by atoms with Crippen LogP contribution >= 0.6 is 0 Å². The van der Waals surface area contributed by atoms with Crippen LogP contribution in [0.2, 0.25) is 0 Å². The van der Waals surface area contributed by atoms with E-state index < -0.39 is 11.4 Å². The predicted octanol–water partition coefficient (Wildman–Crippen LogP) is 2.68. The van der Waals surface area contributed by atoms with Crippen molar-refractivity contribution in [2.75, 3.05) is 5.32 Å². The van der Waals surface area contributed by atoms with E-state index in [2.05, 4.69) is 5.32 Å². The molecule has 0 heterocycles. The van der Waals surface area contributed by atoms with E-state index in [1.54, 1.807) is 26.8 Å². The van der Waals surface area contributed by atoms with Gasteiger partial charge < -0.3 is 10.4 Å². The largest absolute Gasteiger partial charge is 0.478 e. The van der Waals surface area contributed by atoms with Crippen LogP contribution in [0.15, 0.2) is 18.2 Å². The number of carbonyl (C=O) groups excluding carboxylic acids is 1. The lowest BCUT2D eigenvalue weighted by molar-refractivity contribution is -0.123. The highest BCUT2D eigenvalue weighted by Gasteiger charge is 2.22. The summed E-state index contributed by atoms with van der Waals surface area (Å²) in [5, 5.41) is 11.6. The summed E-state index contributed by atoms with van der Waals surface area (Å²) >= 11 is 0. The number of benzene rings is 1. The minimum absolute atomic E-state index is 0.136. The monoisotopic (exact) mass is 235 g/mol. The van der Waals surface area contributed by atoms with Crippen molar-refractivity contribution in [2.45, 2.75) is 27.7 Å². The van der Waals surface area contributed by atoms with E-state index in [0.29, 0.717) is 5.69 Å². The van der Waals surface area contributed by atoms with E-state index in [4.69, 9.17) is 5.11 Å². The van der Waals surface area contributed by atoms with Crippen molar-refractivity contribution < 1.29 is 14.7 Å². The first-order valence-electron chi connectivity index (χ1n) is 5.37. The molecule has 92 valence electrons. The van der Waals surface area contributed by atoms with Gasteiger partial charge >= 0.3 is 5.97 Å². The number of nitrogens with one attached hydrogen (secondary N) is 1. The zero-order valence-corrected chi connectivity index (χ0v) is 10.5. The molecule has 0 radical (unpaired) electrons. The van der Waals surface area contributed by atoms with E-state index >= 15 is 0 Å². The van der Waals surface area contributed by atoms with Gasteiger partial charge in [-0.3, -0.25) is 4.79 Å². The molecule has 17 heavy (non-hydrogen) atoms. The molecule has 0 bridgehead atoms. The summed E-state index contributed by atoms with van der Waals surface area (Å²) < 4.78 is 0. The Balaban J connectivity index is 3.02. The van der Waals surface area contributed by atoms with Crippen molar-refractivity contribution in [3.63, 3.8) is 0 Å². The maximum atomic E-state index is 11.8. The van der Waals surface area contributed by atoms with Gasteiger partial charge in [0, 0.05) is 11.1 Å². The number of hydrogen-bond acceptors (Lipinski definition) is 2. The second-order valence-electron chi connectivity index (χ2n) is 5.04. The van der Waals surface area contributed by atoms with Gasteiger partial charge in [-0.2, -0.15) is 0 Å². The zero-order valence-electron chi connectivity index (χ0n) is 10.5. The number of carboxylic acid groups (broad SMARTS) is 1. The Morgan fingerprint density at radius 2 is 1.82 bits per heavy atom. The molecule has 0 fully saturated rings. The number of anilines is 1. The first-order chi connectivity index (χ1) is 7.71. The quantitative estimate of drug-likeness (QED) is 0.828. The first-order valence-corrected chi connectivity index (χ1v) is 5.37. The number of hydrogen-bond donors (Lipinski definition) is 2. The standard InChI is InChI=1S/C13H17NO3/c1-8-5-6-9(11(15)16)7-10(8)14-12(17)13(2,3)4/h5-7H,1-4H3,(H,14,17)(H,15,16). The van der Waals surface area contributed by atoms with Gasteiger partial charge in [0.15, 0.2) is 0 Å². The van der Waals surface area contributed by atoms with Crippen LogP contribution in [-0.2, 0) is 4.79 Å². The summed E-state index contributed by atoms with van der Waals surface area (Å²) in [6.45, 7) is 7.24. The van der Waals surface area contributed by atoms with Gasteiger partial charge in [0.2, 0.25) is 5.91 Å². The van der Waals surface area contributed by atoms with Crippen LogP contribution in [0.3, 0.4) is 0 Å². The summed E-state index contributed by atoms with van der Waals surface area (Å²) in [6.07, 6.45) is 0. The van der Waals surface area contributed by atoms with Gasteiger partial charge in [-0.25, -0.2) is 4.79 Å². The SMILES string of the molecule is Cc1ccc(C(=O)O)cc1NC(=O)C(C)(C)C. The molecule has 0 aliphatic rings. The summed E-state index contributed by atoms with van der Waals surface area (Å²) in [6, 6.07) is 4.67. The average Bonchev–Trinajstić information content (AvgIpc) is 2.19. The third-order valence-electron chi connectivity index (χ3n) is 2.41. The molecule has 0 atom stereocenters. The molecule has 1 rings (SSSR count). The normalized spacial score (nSPS) is 11.1. The third-order valence-corrected chi connectivity index (χ3v) is 2.41. The molecule has 0 unspecified atom stereocenters. The smallest absolute Gasteiger partial charge is 0.335 e. The third kappa shape index (κ3) is 3.31. The van der Waals surface area contributed by atoms with E-state index in [1.807, 2.05) is 6.92 Å². The number of carbonyl (C=O) groups is 2. The highest BCUT2D eigenvalue weighted by atomic mass is 16.4. The molecular formula is C13H17NO3. The Kier molecular flexibility index (Phi) is 3.56. The minimum atomic E-state index is -1.00. The van der Waals surface area contributed by atoms with Crippen LogP contribution in [0.1, 0.15) is 36.7 Å². The maximum Gasteiger partial charge on any atom is 0.335 e. The topological polar surface area (TPSA) is 66.4 Å². The molecule has 1 aromatic carbocycles. The lowest BCUT2D eigenvalue weighted by Crippen LogP contribution is -2.28. The first kappa shape index (κ1) is 13.2. The Hall–Kier alpha value is -1.84. The highest BCUT2D eigenvalue weighted by molar-refractivity contribution is 5.97. The minimum Gasteiger partial charge on any atom is -0.478 e. The number of aryl methyl sites for hydroxylation is 1. The Morgan fingerprint density at radius 3 is 2.29 bits per heavy atom. The van der Waals surface area contributed by atoms with Crippen LogP contribution in [0.25, 0.3) is 0 Å².